The van der Waals surface area contributed by atoms with Gasteiger partial charge in [-0.1, -0.05) is 25.2 Å². The minimum Gasteiger partial charge on any atom is -0.296 e. The van der Waals surface area contributed by atoms with Crippen LogP contribution in [0.4, 0.5) is 13.9 Å². The Morgan fingerprint density at radius 1 is 1.32 bits per heavy atom. The molecule has 0 aliphatic rings. The van der Waals surface area contributed by atoms with Crippen LogP contribution in [0, 0.1) is 11.6 Å². The summed E-state index contributed by atoms with van der Waals surface area (Å²) in [6, 6.07) is 2.70. The maximum absolute atomic E-state index is 13.4. The highest BCUT2D eigenvalue weighted by Crippen LogP contribution is 2.23. The lowest BCUT2D eigenvalue weighted by Gasteiger charge is -2.02. The molecule has 1 aromatic carbocycles. The lowest BCUT2D eigenvalue weighted by molar-refractivity contribution is 0.102. The van der Waals surface area contributed by atoms with Gasteiger partial charge in [-0.2, -0.15) is 0 Å². The van der Waals surface area contributed by atoms with Gasteiger partial charge in [0.25, 0.3) is 5.91 Å². The summed E-state index contributed by atoms with van der Waals surface area (Å²) in [7, 11) is 0. The standard InChI is InChI=1S/C12H11F2N3OS/c1-6(2)11-16-17-12(19-11)15-10(18)8-5-7(13)3-4-9(8)14/h3-6H,1-2H3,(H,15,17,18). The Kier molecular flexibility index (Phi) is 3.84. The molecule has 0 bridgehead atoms. The van der Waals surface area contributed by atoms with E-state index in [9.17, 15) is 13.6 Å². The molecule has 1 amide bonds. The number of carbonyl (C=O) groups excluding carboxylic acids is 1. The summed E-state index contributed by atoms with van der Waals surface area (Å²) in [5.74, 6) is -2.02. The molecule has 7 heteroatoms. The molecule has 1 aromatic heterocycles. The number of rotatable bonds is 3. The molecule has 0 aliphatic carbocycles. The number of anilines is 1. The maximum Gasteiger partial charge on any atom is 0.260 e. The average Bonchev–Trinajstić information content (AvgIpc) is 2.80. The number of amides is 1. The van der Waals surface area contributed by atoms with Gasteiger partial charge in [0.2, 0.25) is 5.13 Å². The molecule has 4 nitrogen and oxygen atoms in total. The summed E-state index contributed by atoms with van der Waals surface area (Å²) < 4.78 is 26.4. The maximum atomic E-state index is 13.4. The van der Waals surface area contributed by atoms with Crippen LogP contribution in [0.1, 0.15) is 35.1 Å². The Balaban J connectivity index is 2.18. The summed E-state index contributed by atoms with van der Waals surface area (Å²) in [5.41, 5.74) is -0.360. The van der Waals surface area contributed by atoms with Crippen molar-refractivity contribution in [3.8, 4) is 0 Å². The topological polar surface area (TPSA) is 54.9 Å². The number of halogens is 2. The van der Waals surface area contributed by atoms with Gasteiger partial charge < -0.3 is 0 Å². The molecule has 0 saturated heterocycles. The summed E-state index contributed by atoms with van der Waals surface area (Å²) in [6.07, 6.45) is 0. The highest BCUT2D eigenvalue weighted by atomic mass is 32.1. The fourth-order valence-corrected chi connectivity index (χ4v) is 2.10. The van der Waals surface area contributed by atoms with E-state index in [1.807, 2.05) is 13.8 Å². The van der Waals surface area contributed by atoms with Crippen molar-refractivity contribution >= 4 is 22.4 Å². The third-order valence-corrected chi connectivity index (χ3v) is 3.47. The van der Waals surface area contributed by atoms with Gasteiger partial charge in [0.05, 0.1) is 5.56 Å². The second kappa shape index (κ2) is 5.40. The zero-order valence-corrected chi connectivity index (χ0v) is 11.1. The first-order valence-corrected chi connectivity index (χ1v) is 6.39. The largest absolute Gasteiger partial charge is 0.296 e. The normalized spacial score (nSPS) is 10.8. The first-order chi connectivity index (χ1) is 8.97. The molecular formula is C12H11F2N3OS. The van der Waals surface area contributed by atoms with Crippen LogP contribution >= 0.6 is 11.3 Å². The quantitative estimate of drug-likeness (QED) is 0.941. The molecule has 1 N–H and O–H groups in total. The molecule has 2 aromatic rings. The van der Waals surface area contributed by atoms with E-state index in [4.69, 9.17) is 0 Å². The Bertz CT molecular complexity index is 613. The number of nitrogens with zero attached hydrogens (tertiary/aromatic N) is 2. The van der Waals surface area contributed by atoms with Crippen molar-refractivity contribution in [2.45, 2.75) is 19.8 Å². The van der Waals surface area contributed by atoms with Crippen molar-refractivity contribution in [2.75, 3.05) is 5.32 Å². The first kappa shape index (κ1) is 13.5. The first-order valence-electron chi connectivity index (χ1n) is 5.57. The molecule has 0 spiro atoms. The van der Waals surface area contributed by atoms with E-state index in [1.165, 1.54) is 11.3 Å². The number of hydrogen-bond acceptors (Lipinski definition) is 4. The van der Waals surface area contributed by atoms with Crippen LogP contribution in [-0.4, -0.2) is 16.1 Å². The number of hydrogen-bond donors (Lipinski definition) is 1. The van der Waals surface area contributed by atoms with Crippen molar-refractivity contribution in [3.05, 3.63) is 40.4 Å². The number of aromatic nitrogens is 2. The number of benzene rings is 1. The predicted molar refractivity (Wildman–Crippen MR) is 68.3 cm³/mol. The summed E-state index contributed by atoms with van der Waals surface area (Å²) in [6.45, 7) is 3.89. The van der Waals surface area contributed by atoms with E-state index in [0.717, 1.165) is 23.2 Å². The van der Waals surface area contributed by atoms with Gasteiger partial charge in [0, 0.05) is 5.92 Å². The van der Waals surface area contributed by atoms with Gasteiger partial charge in [-0.25, -0.2) is 8.78 Å². The minimum absolute atomic E-state index is 0.189. The van der Waals surface area contributed by atoms with Gasteiger partial charge in [-0.3, -0.25) is 10.1 Å². The number of nitrogens with one attached hydrogen (secondary N) is 1. The molecule has 0 atom stereocenters. The predicted octanol–water partition coefficient (Wildman–Crippen LogP) is 3.19. The van der Waals surface area contributed by atoms with Gasteiger partial charge in [0.1, 0.15) is 16.6 Å². The van der Waals surface area contributed by atoms with Crippen molar-refractivity contribution in [1.29, 1.82) is 0 Å². The monoisotopic (exact) mass is 283 g/mol. The molecule has 0 saturated carbocycles. The van der Waals surface area contributed by atoms with E-state index in [1.54, 1.807) is 0 Å². The molecule has 19 heavy (non-hydrogen) atoms. The molecule has 0 aliphatic heterocycles. The second-order valence-corrected chi connectivity index (χ2v) is 5.19. The van der Waals surface area contributed by atoms with E-state index < -0.39 is 17.5 Å². The van der Waals surface area contributed by atoms with Crippen LogP contribution < -0.4 is 5.32 Å². The number of carbonyl (C=O) groups is 1. The van der Waals surface area contributed by atoms with E-state index in [2.05, 4.69) is 15.5 Å². The third kappa shape index (κ3) is 3.11. The lowest BCUT2D eigenvalue weighted by atomic mass is 10.2. The Morgan fingerprint density at radius 3 is 2.68 bits per heavy atom. The molecule has 1 heterocycles. The van der Waals surface area contributed by atoms with Gasteiger partial charge in [-0.05, 0) is 18.2 Å². The van der Waals surface area contributed by atoms with E-state index in [-0.39, 0.29) is 16.6 Å². The Labute approximate surface area is 112 Å². The van der Waals surface area contributed by atoms with Crippen molar-refractivity contribution in [1.82, 2.24) is 10.2 Å². The van der Waals surface area contributed by atoms with Crippen LogP contribution in [0.3, 0.4) is 0 Å². The van der Waals surface area contributed by atoms with Gasteiger partial charge >= 0.3 is 0 Å². The zero-order chi connectivity index (χ0) is 14.0. The fraction of sp³-hybridized carbons (Fsp3) is 0.250. The van der Waals surface area contributed by atoms with E-state index in [0.29, 0.717) is 0 Å². The van der Waals surface area contributed by atoms with Crippen molar-refractivity contribution < 1.29 is 13.6 Å². The lowest BCUT2D eigenvalue weighted by Crippen LogP contribution is -2.13. The Hall–Kier alpha value is -1.89. The molecular weight excluding hydrogens is 272 g/mol. The Morgan fingerprint density at radius 2 is 2.05 bits per heavy atom. The van der Waals surface area contributed by atoms with Gasteiger partial charge in [0.15, 0.2) is 0 Å². The summed E-state index contributed by atoms with van der Waals surface area (Å²) in [5, 5.41) is 11.1. The van der Waals surface area contributed by atoms with Crippen LogP contribution in [0.25, 0.3) is 0 Å². The molecule has 0 fully saturated rings. The van der Waals surface area contributed by atoms with Crippen LogP contribution in [0.15, 0.2) is 18.2 Å². The second-order valence-electron chi connectivity index (χ2n) is 4.18. The summed E-state index contributed by atoms with van der Waals surface area (Å²) in [4.78, 5) is 11.8. The average molecular weight is 283 g/mol. The van der Waals surface area contributed by atoms with E-state index >= 15 is 0 Å². The van der Waals surface area contributed by atoms with Crippen LogP contribution in [0.2, 0.25) is 0 Å². The molecule has 100 valence electrons. The summed E-state index contributed by atoms with van der Waals surface area (Å²) >= 11 is 1.20. The third-order valence-electron chi connectivity index (χ3n) is 2.33. The van der Waals surface area contributed by atoms with Crippen LogP contribution in [0.5, 0.6) is 0 Å². The molecule has 0 radical (unpaired) electrons. The zero-order valence-electron chi connectivity index (χ0n) is 10.3. The minimum atomic E-state index is -0.785. The van der Waals surface area contributed by atoms with Crippen molar-refractivity contribution in [3.63, 3.8) is 0 Å². The SMILES string of the molecule is CC(C)c1nnc(NC(=O)c2cc(F)ccc2F)s1. The fourth-order valence-electron chi connectivity index (χ4n) is 1.35. The molecule has 2 rings (SSSR count). The smallest absolute Gasteiger partial charge is 0.260 e. The van der Waals surface area contributed by atoms with Crippen LogP contribution in [-0.2, 0) is 0 Å². The van der Waals surface area contributed by atoms with Crippen molar-refractivity contribution in [2.24, 2.45) is 0 Å². The molecule has 0 unspecified atom stereocenters. The highest BCUT2D eigenvalue weighted by Gasteiger charge is 2.15. The van der Waals surface area contributed by atoms with Gasteiger partial charge in [-0.15, -0.1) is 10.2 Å². The highest BCUT2D eigenvalue weighted by molar-refractivity contribution is 7.15.